The zero-order valence-electron chi connectivity index (χ0n) is 10.2. The van der Waals surface area contributed by atoms with Crippen molar-refractivity contribution < 1.29 is 9.53 Å². The predicted molar refractivity (Wildman–Crippen MR) is 74.5 cm³/mol. The smallest absolute Gasteiger partial charge is 0.244 e. The molecule has 0 radical (unpaired) electrons. The highest BCUT2D eigenvalue weighted by atomic mass is 35.5. The van der Waals surface area contributed by atoms with E-state index in [1.165, 1.54) is 6.92 Å². The van der Waals surface area contributed by atoms with Gasteiger partial charge in [-0.1, -0.05) is 23.7 Å². The van der Waals surface area contributed by atoms with Gasteiger partial charge in [0, 0.05) is 6.92 Å². The normalized spacial score (nSPS) is 10.0. The van der Waals surface area contributed by atoms with Crippen molar-refractivity contribution in [3.05, 3.63) is 41.6 Å². The number of carbonyl (C=O) groups excluding carboxylic acids is 1. The largest absolute Gasteiger partial charge is 0.435 e. The number of amides is 1. The number of nitrogens with two attached hydrogens (primary N) is 1. The number of pyridine rings is 1. The van der Waals surface area contributed by atoms with Crippen molar-refractivity contribution >= 4 is 28.9 Å². The highest BCUT2D eigenvalue weighted by molar-refractivity contribution is 6.29. The summed E-state index contributed by atoms with van der Waals surface area (Å²) in [5.74, 6) is 0.451. The van der Waals surface area contributed by atoms with E-state index in [1.54, 1.807) is 36.4 Å². The van der Waals surface area contributed by atoms with Crippen LogP contribution in [-0.2, 0) is 4.79 Å². The van der Waals surface area contributed by atoms with E-state index in [2.05, 4.69) is 10.3 Å². The van der Waals surface area contributed by atoms with Crippen LogP contribution in [-0.4, -0.2) is 10.9 Å². The van der Waals surface area contributed by atoms with E-state index in [-0.39, 0.29) is 16.9 Å². The molecule has 0 fully saturated rings. The molecule has 5 nitrogen and oxygen atoms in total. The summed E-state index contributed by atoms with van der Waals surface area (Å²) >= 11 is 5.79. The first-order valence-electron chi connectivity index (χ1n) is 5.53. The van der Waals surface area contributed by atoms with Crippen LogP contribution in [0.1, 0.15) is 6.92 Å². The van der Waals surface area contributed by atoms with Gasteiger partial charge in [0.1, 0.15) is 5.15 Å². The molecule has 19 heavy (non-hydrogen) atoms. The maximum Gasteiger partial charge on any atom is 0.244 e. The van der Waals surface area contributed by atoms with Gasteiger partial charge in [-0.3, -0.25) is 4.79 Å². The van der Waals surface area contributed by atoms with E-state index >= 15 is 0 Å². The van der Waals surface area contributed by atoms with E-state index in [9.17, 15) is 4.79 Å². The van der Waals surface area contributed by atoms with Gasteiger partial charge in [-0.2, -0.15) is 4.98 Å². The van der Waals surface area contributed by atoms with Crippen LogP contribution >= 0.6 is 11.6 Å². The number of benzene rings is 1. The van der Waals surface area contributed by atoms with Gasteiger partial charge >= 0.3 is 0 Å². The van der Waals surface area contributed by atoms with Crippen LogP contribution in [0, 0.1) is 0 Å². The van der Waals surface area contributed by atoms with Gasteiger partial charge < -0.3 is 15.8 Å². The van der Waals surface area contributed by atoms with Gasteiger partial charge in [0.25, 0.3) is 0 Å². The highest BCUT2D eigenvalue weighted by Crippen LogP contribution is 2.31. The first kappa shape index (κ1) is 13.2. The van der Waals surface area contributed by atoms with Crippen molar-refractivity contribution in [3.8, 4) is 11.6 Å². The molecular formula is C13H12ClN3O2. The Hall–Kier alpha value is -2.27. The third-order valence-corrected chi connectivity index (χ3v) is 2.47. The summed E-state index contributed by atoms with van der Waals surface area (Å²) in [4.78, 5) is 15.1. The van der Waals surface area contributed by atoms with Gasteiger partial charge in [0.05, 0.1) is 11.4 Å². The lowest BCUT2D eigenvalue weighted by Crippen LogP contribution is -2.07. The van der Waals surface area contributed by atoms with Crippen LogP contribution in [0.3, 0.4) is 0 Å². The van der Waals surface area contributed by atoms with Crippen molar-refractivity contribution in [2.45, 2.75) is 6.92 Å². The SMILES string of the molecule is CC(=O)Nc1ccccc1Oc1nc(Cl)ccc1N. The lowest BCUT2D eigenvalue weighted by molar-refractivity contribution is -0.114. The van der Waals surface area contributed by atoms with Crippen molar-refractivity contribution in [3.63, 3.8) is 0 Å². The van der Waals surface area contributed by atoms with Crippen molar-refractivity contribution in [2.24, 2.45) is 0 Å². The monoisotopic (exact) mass is 277 g/mol. The molecule has 1 aromatic heterocycles. The number of hydrogen-bond acceptors (Lipinski definition) is 4. The second-order valence-corrected chi connectivity index (χ2v) is 4.20. The first-order chi connectivity index (χ1) is 9.06. The molecule has 0 spiro atoms. The molecule has 0 aliphatic heterocycles. The van der Waals surface area contributed by atoms with Crippen LogP contribution in [0.5, 0.6) is 11.6 Å². The Labute approximate surface area is 115 Å². The quantitative estimate of drug-likeness (QED) is 0.845. The minimum atomic E-state index is -0.192. The molecule has 2 aromatic rings. The molecule has 0 aliphatic rings. The van der Waals surface area contributed by atoms with Gasteiger partial charge in [-0.25, -0.2) is 0 Å². The summed E-state index contributed by atoms with van der Waals surface area (Å²) in [5.41, 5.74) is 6.66. The van der Waals surface area contributed by atoms with Crippen LogP contribution in [0.25, 0.3) is 0 Å². The minimum Gasteiger partial charge on any atom is -0.435 e. The Morgan fingerprint density at radius 3 is 2.79 bits per heavy atom. The molecular weight excluding hydrogens is 266 g/mol. The molecule has 0 atom stereocenters. The number of ether oxygens (including phenoxy) is 1. The fraction of sp³-hybridized carbons (Fsp3) is 0.0769. The van der Waals surface area contributed by atoms with E-state index in [0.29, 0.717) is 17.1 Å². The third kappa shape index (κ3) is 3.35. The Balaban J connectivity index is 2.32. The number of para-hydroxylation sites is 2. The van der Waals surface area contributed by atoms with Crippen molar-refractivity contribution in [1.29, 1.82) is 0 Å². The molecule has 1 amide bonds. The van der Waals surface area contributed by atoms with Crippen molar-refractivity contribution in [2.75, 3.05) is 11.1 Å². The highest BCUT2D eigenvalue weighted by Gasteiger charge is 2.09. The number of hydrogen-bond donors (Lipinski definition) is 2. The molecule has 0 unspecified atom stereocenters. The third-order valence-electron chi connectivity index (χ3n) is 2.26. The van der Waals surface area contributed by atoms with Gasteiger partial charge in [-0.15, -0.1) is 0 Å². The number of halogens is 1. The van der Waals surface area contributed by atoms with E-state index in [4.69, 9.17) is 22.1 Å². The number of aromatic nitrogens is 1. The molecule has 6 heteroatoms. The molecule has 0 aliphatic carbocycles. The summed E-state index contributed by atoms with van der Waals surface area (Å²) in [6, 6.07) is 10.2. The summed E-state index contributed by atoms with van der Waals surface area (Å²) in [6.07, 6.45) is 0. The zero-order chi connectivity index (χ0) is 13.8. The Morgan fingerprint density at radius 1 is 1.32 bits per heavy atom. The second-order valence-electron chi connectivity index (χ2n) is 3.81. The van der Waals surface area contributed by atoms with Gasteiger partial charge in [-0.05, 0) is 24.3 Å². The predicted octanol–water partition coefficient (Wildman–Crippen LogP) is 3.07. The number of nitrogens with zero attached hydrogens (tertiary/aromatic N) is 1. The molecule has 98 valence electrons. The maximum atomic E-state index is 11.1. The topological polar surface area (TPSA) is 77.2 Å². The average molecular weight is 278 g/mol. The standard InChI is InChI=1S/C13H12ClN3O2/c1-8(18)16-10-4-2-3-5-11(10)19-13-9(15)6-7-12(14)17-13/h2-7H,15H2,1H3,(H,16,18). The second kappa shape index (κ2) is 5.58. The molecule has 2 rings (SSSR count). The summed E-state index contributed by atoms with van der Waals surface area (Å²) in [6.45, 7) is 1.42. The Bertz CT molecular complexity index is 617. The molecule has 1 heterocycles. The van der Waals surface area contributed by atoms with Gasteiger partial charge in [0.2, 0.25) is 11.8 Å². The molecule has 0 bridgehead atoms. The first-order valence-corrected chi connectivity index (χ1v) is 5.90. The lowest BCUT2D eigenvalue weighted by Gasteiger charge is -2.11. The molecule has 1 aromatic carbocycles. The Kier molecular flexibility index (Phi) is 3.87. The van der Waals surface area contributed by atoms with Crippen LogP contribution < -0.4 is 15.8 Å². The maximum absolute atomic E-state index is 11.1. The minimum absolute atomic E-state index is 0.192. The van der Waals surface area contributed by atoms with E-state index < -0.39 is 0 Å². The van der Waals surface area contributed by atoms with E-state index in [0.717, 1.165) is 0 Å². The lowest BCUT2D eigenvalue weighted by atomic mass is 10.3. The Morgan fingerprint density at radius 2 is 2.05 bits per heavy atom. The summed E-state index contributed by atoms with van der Waals surface area (Å²) in [5, 5.41) is 2.94. The molecule has 0 saturated carbocycles. The van der Waals surface area contributed by atoms with Crippen LogP contribution in [0.2, 0.25) is 5.15 Å². The van der Waals surface area contributed by atoms with Crippen molar-refractivity contribution in [1.82, 2.24) is 4.98 Å². The zero-order valence-corrected chi connectivity index (χ0v) is 10.9. The van der Waals surface area contributed by atoms with Crippen LogP contribution in [0.15, 0.2) is 36.4 Å². The number of nitrogens with one attached hydrogen (secondary N) is 1. The van der Waals surface area contributed by atoms with Gasteiger partial charge in [0.15, 0.2) is 5.75 Å². The number of carbonyl (C=O) groups is 1. The fourth-order valence-corrected chi connectivity index (χ4v) is 1.60. The number of anilines is 2. The number of rotatable bonds is 3. The average Bonchev–Trinajstić information content (AvgIpc) is 2.35. The fourth-order valence-electron chi connectivity index (χ4n) is 1.46. The van der Waals surface area contributed by atoms with Crippen LogP contribution in [0.4, 0.5) is 11.4 Å². The molecule has 0 saturated heterocycles. The van der Waals surface area contributed by atoms with E-state index in [1.807, 2.05) is 0 Å². The molecule has 3 N–H and O–H groups in total. The summed E-state index contributed by atoms with van der Waals surface area (Å²) < 4.78 is 5.59. The summed E-state index contributed by atoms with van der Waals surface area (Å²) in [7, 11) is 0. The number of nitrogen functional groups attached to an aromatic ring is 1.